The SMILES string of the molecule is CCc1nc(Cc2cccs2)nc2c1CNC2. The molecule has 2 aromatic heterocycles. The van der Waals surface area contributed by atoms with Crippen LogP contribution in [-0.2, 0) is 25.9 Å². The summed E-state index contributed by atoms with van der Waals surface area (Å²) in [5.41, 5.74) is 3.73. The molecule has 17 heavy (non-hydrogen) atoms. The highest BCUT2D eigenvalue weighted by Crippen LogP contribution is 2.19. The highest BCUT2D eigenvalue weighted by Gasteiger charge is 2.17. The van der Waals surface area contributed by atoms with Crippen molar-refractivity contribution in [2.24, 2.45) is 0 Å². The highest BCUT2D eigenvalue weighted by atomic mass is 32.1. The van der Waals surface area contributed by atoms with Crippen molar-refractivity contribution in [1.82, 2.24) is 15.3 Å². The van der Waals surface area contributed by atoms with E-state index in [1.807, 2.05) is 0 Å². The molecule has 3 nitrogen and oxygen atoms in total. The topological polar surface area (TPSA) is 37.8 Å². The number of aromatic nitrogens is 2. The lowest BCUT2D eigenvalue weighted by Crippen LogP contribution is -2.05. The second kappa shape index (κ2) is 4.55. The third-order valence-corrected chi connectivity index (χ3v) is 3.94. The van der Waals surface area contributed by atoms with Crippen LogP contribution in [0.25, 0.3) is 0 Å². The van der Waals surface area contributed by atoms with E-state index in [1.165, 1.54) is 21.8 Å². The lowest BCUT2D eigenvalue weighted by atomic mass is 10.1. The molecule has 0 atom stereocenters. The van der Waals surface area contributed by atoms with Gasteiger partial charge in [0.25, 0.3) is 0 Å². The van der Waals surface area contributed by atoms with Crippen LogP contribution in [0.5, 0.6) is 0 Å². The molecule has 0 unspecified atom stereocenters. The van der Waals surface area contributed by atoms with Gasteiger partial charge in [-0.05, 0) is 17.9 Å². The Bertz CT molecular complexity index is 520. The number of aryl methyl sites for hydroxylation is 1. The maximum absolute atomic E-state index is 4.69. The number of hydrogen-bond acceptors (Lipinski definition) is 4. The van der Waals surface area contributed by atoms with Gasteiger partial charge in [-0.15, -0.1) is 11.3 Å². The molecule has 4 heteroatoms. The number of nitrogens with one attached hydrogen (secondary N) is 1. The Labute approximate surface area is 105 Å². The molecular formula is C13H15N3S. The summed E-state index contributed by atoms with van der Waals surface area (Å²) in [6, 6.07) is 4.22. The van der Waals surface area contributed by atoms with E-state index in [9.17, 15) is 0 Å². The minimum atomic E-state index is 0.859. The molecular weight excluding hydrogens is 230 g/mol. The Morgan fingerprint density at radius 3 is 3.06 bits per heavy atom. The van der Waals surface area contributed by atoms with E-state index in [2.05, 4.69) is 34.7 Å². The average Bonchev–Trinajstić information content (AvgIpc) is 2.98. The van der Waals surface area contributed by atoms with Crippen molar-refractivity contribution >= 4 is 11.3 Å². The summed E-state index contributed by atoms with van der Waals surface area (Å²) in [6.45, 7) is 3.98. The van der Waals surface area contributed by atoms with Gasteiger partial charge in [0.1, 0.15) is 5.82 Å². The summed E-state index contributed by atoms with van der Waals surface area (Å²) >= 11 is 1.77. The van der Waals surface area contributed by atoms with Gasteiger partial charge in [0.2, 0.25) is 0 Å². The van der Waals surface area contributed by atoms with Crippen LogP contribution < -0.4 is 5.32 Å². The first-order valence-corrected chi connectivity index (χ1v) is 6.85. The zero-order chi connectivity index (χ0) is 11.7. The molecule has 1 aliphatic rings. The van der Waals surface area contributed by atoms with E-state index in [0.29, 0.717) is 0 Å². The van der Waals surface area contributed by atoms with Crippen LogP contribution >= 0.6 is 11.3 Å². The number of rotatable bonds is 3. The summed E-state index contributed by atoms with van der Waals surface area (Å²) in [7, 11) is 0. The van der Waals surface area contributed by atoms with E-state index in [1.54, 1.807) is 11.3 Å². The lowest BCUT2D eigenvalue weighted by Gasteiger charge is -2.07. The van der Waals surface area contributed by atoms with Crippen LogP contribution in [0.15, 0.2) is 17.5 Å². The molecule has 2 aromatic rings. The zero-order valence-electron chi connectivity index (χ0n) is 9.86. The molecule has 88 valence electrons. The van der Waals surface area contributed by atoms with Crippen LogP contribution in [0, 0.1) is 0 Å². The average molecular weight is 245 g/mol. The monoisotopic (exact) mass is 245 g/mol. The quantitative estimate of drug-likeness (QED) is 0.901. The van der Waals surface area contributed by atoms with Gasteiger partial charge in [0.05, 0.1) is 5.69 Å². The molecule has 3 rings (SSSR count). The van der Waals surface area contributed by atoms with E-state index in [4.69, 9.17) is 4.98 Å². The van der Waals surface area contributed by atoms with Crippen LogP contribution in [0.2, 0.25) is 0 Å². The van der Waals surface area contributed by atoms with Crippen LogP contribution in [-0.4, -0.2) is 9.97 Å². The first-order valence-electron chi connectivity index (χ1n) is 5.97. The van der Waals surface area contributed by atoms with Gasteiger partial charge in [0, 0.05) is 35.6 Å². The predicted molar refractivity (Wildman–Crippen MR) is 69.1 cm³/mol. The number of thiophene rings is 1. The second-order valence-corrected chi connectivity index (χ2v) is 5.26. The molecule has 0 spiro atoms. The van der Waals surface area contributed by atoms with Gasteiger partial charge in [-0.25, -0.2) is 9.97 Å². The van der Waals surface area contributed by atoms with Crippen LogP contribution in [0.3, 0.4) is 0 Å². The molecule has 1 aliphatic heterocycles. The van der Waals surface area contributed by atoms with Gasteiger partial charge in [-0.3, -0.25) is 0 Å². The molecule has 0 amide bonds. The normalized spacial score (nSPS) is 13.9. The first kappa shape index (κ1) is 10.9. The fourth-order valence-corrected chi connectivity index (χ4v) is 2.94. The van der Waals surface area contributed by atoms with Gasteiger partial charge in [0.15, 0.2) is 0 Å². The maximum atomic E-state index is 4.69. The molecule has 0 bridgehead atoms. The highest BCUT2D eigenvalue weighted by molar-refractivity contribution is 7.09. The minimum Gasteiger partial charge on any atom is -0.307 e. The van der Waals surface area contributed by atoms with Crippen molar-refractivity contribution in [1.29, 1.82) is 0 Å². The van der Waals surface area contributed by atoms with Crippen molar-refractivity contribution in [2.75, 3.05) is 0 Å². The summed E-state index contributed by atoms with van der Waals surface area (Å²) in [4.78, 5) is 10.7. The summed E-state index contributed by atoms with van der Waals surface area (Å²) < 4.78 is 0. The number of hydrogen-bond donors (Lipinski definition) is 1. The Morgan fingerprint density at radius 2 is 2.29 bits per heavy atom. The molecule has 0 aromatic carbocycles. The fourth-order valence-electron chi connectivity index (χ4n) is 2.23. The van der Waals surface area contributed by atoms with Crippen molar-refractivity contribution in [3.63, 3.8) is 0 Å². The van der Waals surface area contributed by atoms with Crippen molar-refractivity contribution < 1.29 is 0 Å². The maximum Gasteiger partial charge on any atom is 0.134 e. The van der Waals surface area contributed by atoms with E-state index in [-0.39, 0.29) is 0 Å². The Kier molecular flexibility index (Phi) is 2.91. The molecule has 0 radical (unpaired) electrons. The van der Waals surface area contributed by atoms with Crippen molar-refractivity contribution in [2.45, 2.75) is 32.9 Å². The van der Waals surface area contributed by atoms with Crippen molar-refractivity contribution in [3.8, 4) is 0 Å². The number of fused-ring (bicyclic) bond motifs is 1. The molecule has 0 saturated carbocycles. The summed E-state index contributed by atoms with van der Waals surface area (Å²) in [6.07, 6.45) is 1.85. The smallest absolute Gasteiger partial charge is 0.134 e. The third kappa shape index (κ3) is 2.10. The fraction of sp³-hybridized carbons (Fsp3) is 0.385. The summed E-state index contributed by atoms with van der Waals surface area (Å²) in [5, 5.41) is 5.45. The molecule has 0 saturated heterocycles. The van der Waals surface area contributed by atoms with E-state index >= 15 is 0 Å². The van der Waals surface area contributed by atoms with Gasteiger partial charge in [-0.2, -0.15) is 0 Å². The zero-order valence-corrected chi connectivity index (χ0v) is 10.7. The number of nitrogens with zero attached hydrogens (tertiary/aromatic N) is 2. The third-order valence-electron chi connectivity index (χ3n) is 3.07. The minimum absolute atomic E-state index is 0.859. The summed E-state index contributed by atoms with van der Waals surface area (Å²) in [5.74, 6) is 0.965. The molecule has 1 N–H and O–H groups in total. The van der Waals surface area contributed by atoms with Gasteiger partial charge in [-0.1, -0.05) is 13.0 Å². The second-order valence-electron chi connectivity index (χ2n) is 4.23. The van der Waals surface area contributed by atoms with E-state index in [0.717, 1.165) is 31.8 Å². The lowest BCUT2D eigenvalue weighted by molar-refractivity contribution is 0.755. The van der Waals surface area contributed by atoms with Crippen LogP contribution in [0.4, 0.5) is 0 Å². The van der Waals surface area contributed by atoms with Crippen LogP contribution in [0.1, 0.15) is 34.6 Å². The predicted octanol–water partition coefficient (Wildman–Crippen LogP) is 2.29. The largest absolute Gasteiger partial charge is 0.307 e. The Balaban J connectivity index is 1.95. The molecule has 0 fully saturated rings. The Hall–Kier alpha value is -1.26. The molecule has 3 heterocycles. The molecule has 0 aliphatic carbocycles. The van der Waals surface area contributed by atoms with Gasteiger partial charge >= 0.3 is 0 Å². The van der Waals surface area contributed by atoms with Crippen molar-refractivity contribution in [3.05, 3.63) is 45.2 Å². The standard InChI is InChI=1S/C13H15N3S/c1-2-11-10-7-14-8-12(10)16-13(15-11)6-9-4-3-5-17-9/h3-5,14H,2,6-8H2,1H3. The van der Waals surface area contributed by atoms with Gasteiger partial charge < -0.3 is 5.32 Å². The first-order chi connectivity index (χ1) is 8.36. The van der Waals surface area contributed by atoms with E-state index < -0.39 is 0 Å². The Morgan fingerprint density at radius 1 is 1.35 bits per heavy atom.